The maximum Gasteiger partial charge on any atom is 0.0817 e. The summed E-state index contributed by atoms with van der Waals surface area (Å²) in [7, 11) is 1.66. The molecule has 1 aromatic carbocycles. The Morgan fingerprint density at radius 2 is 2.00 bits per heavy atom. The van der Waals surface area contributed by atoms with E-state index in [0.717, 1.165) is 11.1 Å². The number of aliphatic hydroxyl groups is 1. The molecule has 0 aliphatic heterocycles. The summed E-state index contributed by atoms with van der Waals surface area (Å²) < 4.78 is 5.12. The molecule has 0 aliphatic rings. The Morgan fingerprint density at radius 1 is 1.36 bits per heavy atom. The van der Waals surface area contributed by atoms with Crippen LogP contribution in [0.1, 0.15) is 30.6 Å². The zero-order valence-electron chi connectivity index (χ0n) is 9.03. The van der Waals surface area contributed by atoms with Crippen molar-refractivity contribution in [3.8, 4) is 0 Å². The second kappa shape index (κ2) is 5.13. The summed E-state index contributed by atoms with van der Waals surface area (Å²) in [5.74, 6) is 0. The van der Waals surface area contributed by atoms with E-state index in [1.54, 1.807) is 7.11 Å². The molecule has 0 bridgehead atoms. The first-order chi connectivity index (χ1) is 6.65. The lowest BCUT2D eigenvalue weighted by atomic mass is 9.99. The van der Waals surface area contributed by atoms with Crippen LogP contribution in [0.25, 0.3) is 0 Å². The van der Waals surface area contributed by atoms with Crippen LogP contribution in [0, 0.1) is 6.92 Å². The van der Waals surface area contributed by atoms with E-state index in [4.69, 9.17) is 4.74 Å². The number of methoxy groups -OCH3 is 1. The first-order valence-corrected chi connectivity index (χ1v) is 4.91. The van der Waals surface area contributed by atoms with Crippen molar-refractivity contribution in [2.45, 2.75) is 32.5 Å². The average Bonchev–Trinajstić information content (AvgIpc) is 2.18. The van der Waals surface area contributed by atoms with Gasteiger partial charge in [-0.3, -0.25) is 0 Å². The van der Waals surface area contributed by atoms with Crippen molar-refractivity contribution in [2.24, 2.45) is 0 Å². The van der Waals surface area contributed by atoms with Gasteiger partial charge in [-0.25, -0.2) is 0 Å². The van der Waals surface area contributed by atoms with Crippen LogP contribution < -0.4 is 0 Å². The van der Waals surface area contributed by atoms with Gasteiger partial charge in [0, 0.05) is 13.5 Å². The molecule has 0 saturated carbocycles. The molecule has 1 aromatic rings. The number of rotatable bonds is 4. The minimum Gasteiger partial charge on any atom is -0.388 e. The molecular formula is C12H18O2. The molecule has 2 atom stereocenters. The highest BCUT2D eigenvalue weighted by molar-refractivity contribution is 5.27. The molecule has 78 valence electrons. The molecule has 2 nitrogen and oxygen atoms in total. The first-order valence-electron chi connectivity index (χ1n) is 4.91. The van der Waals surface area contributed by atoms with Crippen LogP contribution in [0.2, 0.25) is 0 Å². The molecule has 2 unspecified atom stereocenters. The molecule has 1 rings (SSSR count). The van der Waals surface area contributed by atoms with Gasteiger partial charge in [0.05, 0.1) is 12.2 Å². The summed E-state index contributed by atoms with van der Waals surface area (Å²) in [5.41, 5.74) is 2.12. The standard InChI is InChI=1S/C12H18O2/c1-9-6-4-5-7-11(9)12(13)8-10(2)14-3/h4-7,10,12-13H,8H2,1-3H3. The number of aliphatic hydroxyl groups excluding tert-OH is 1. The van der Waals surface area contributed by atoms with Gasteiger partial charge in [-0.15, -0.1) is 0 Å². The largest absolute Gasteiger partial charge is 0.388 e. The summed E-state index contributed by atoms with van der Waals surface area (Å²) in [6.07, 6.45) is 0.303. The monoisotopic (exact) mass is 194 g/mol. The van der Waals surface area contributed by atoms with E-state index in [2.05, 4.69) is 0 Å². The number of hydrogen-bond donors (Lipinski definition) is 1. The molecule has 0 saturated heterocycles. The minimum absolute atomic E-state index is 0.0876. The Balaban J connectivity index is 2.69. The van der Waals surface area contributed by atoms with Crippen LogP contribution in [0.4, 0.5) is 0 Å². The molecular weight excluding hydrogens is 176 g/mol. The van der Waals surface area contributed by atoms with Crippen molar-refractivity contribution in [2.75, 3.05) is 7.11 Å². The van der Waals surface area contributed by atoms with Gasteiger partial charge in [-0.2, -0.15) is 0 Å². The van der Waals surface area contributed by atoms with Crippen molar-refractivity contribution in [3.63, 3.8) is 0 Å². The highest BCUT2D eigenvalue weighted by Crippen LogP contribution is 2.22. The van der Waals surface area contributed by atoms with Crippen molar-refractivity contribution in [3.05, 3.63) is 35.4 Å². The van der Waals surface area contributed by atoms with Crippen LogP contribution in [0.5, 0.6) is 0 Å². The van der Waals surface area contributed by atoms with E-state index in [-0.39, 0.29) is 6.10 Å². The lowest BCUT2D eigenvalue weighted by Gasteiger charge is -2.17. The predicted molar refractivity (Wildman–Crippen MR) is 57.2 cm³/mol. The third-order valence-electron chi connectivity index (χ3n) is 2.51. The van der Waals surface area contributed by atoms with Crippen molar-refractivity contribution in [1.82, 2.24) is 0 Å². The van der Waals surface area contributed by atoms with Gasteiger partial charge in [-0.05, 0) is 25.0 Å². The van der Waals surface area contributed by atoms with Crippen LogP contribution in [-0.2, 0) is 4.74 Å². The summed E-state index contributed by atoms with van der Waals surface area (Å²) in [5, 5.41) is 9.92. The quantitative estimate of drug-likeness (QED) is 0.797. The Labute approximate surface area is 85.5 Å². The zero-order chi connectivity index (χ0) is 10.6. The van der Waals surface area contributed by atoms with E-state index in [0.29, 0.717) is 6.42 Å². The zero-order valence-corrected chi connectivity index (χ0v) is 9.03. The van der Waals surface area contributed by atoms with Gasteiger partial charge in [-0.1, -0.05) is 24.3 Å². The summed E-state index contributed by atoms with van der Waals surface area (Å²) >= 11 is 0. The Kier molecular flexibility index (Phi) is 4.11. The third-order valence-corrected chi connectivity index (χ3v) is 2.51. The van der Waals surface area contributed by atoms with Crippen LogP contribution >= 0.6 is 0 Å². The smallest absolute Gasteiger partial charge is 0.0817 e. The van der Waals surface area contributed by atoms with E-state index >= 15 is 0 Å². The van der Waals surface area contributed by atoms with Crippen molar-refractivity contribution < 1.29 is 9.84 Å². The number of benzene rings is 1. The third kappa shape index (κ3) is 2.82. The normalized spacial score (nSPS) is 15.1. The van der Waals surface area contributed by atoms with E-state index in [9.17, 15) is 5.11 Å². The second-order valence-corrected chi connectivity index (χ2v) is 3.65. The molecule has 0 amide bonds. The van der Waals surface area contributed by atoms with Crippen LogP contribution in [0.3, 0.4) is 0 Å². The van der Waals surface area contributed by atoms with Crippen molar-refractivity contribution in [1.29, 1.82) is 0 Å². The van der Waals surface area contributed by atoms with E-state index in [1.165, 1.54) is 0 Å². The molecule has 0 radical (unpaired) electrons. The molecule has 0 heterocycles. The lowest BCUT2D eigenvalue weighted by molar-refractivity contribution is 0.0557. The summed E-state index contributed by atoms with van der Waals surface area (Å²) in [6, 6.07) is 7.90. The minimum atomic E-state index is -0.425. The fraction of sp³-hybridized carbons (Fsp3) is 0.500. The molecule has 0 aromatic heterocycles. The Bertz CT molecular complexity index is 283. The number of hydrogen-bond acceptors (Lipinski definition) is 2. The van der Waals surface area contributed by atoms with Crippen LogP contribution in [-0.4, -0.2) is 18.3 Å². The number of ether oxygens (including phenoxy) is 1. The Morgan fingerprint density at radius 3 is 2.57 bits per heavy atom. The maximum absolute atomic E-state index is 9.92. The highest BCUT2D eigenvalue weighted by Gasteiger charge is 2.13. The molecule has 0 spiro atoms. The second-order valence-electron chi connectivity index (χ2n) is 3.65. The van der Waals surface area contributed by atoms with Gasteiger partial charge in [0.1, 0.15) is 0 Å². The molecule has 2 heteroatoms. The fourth-order valence-corrected chi connectivity index (χ4v) is 1.50. The first kappa shape index (κ1) is 11.2. The topological polar surface area (TPSA) is 29.5 Å². The Hall–Kier alpha value is -0.860. The van der Waals surface area contributed by atoms with Crippen LogP contribution in [0.15, 0.2) is 24.3 Å². The molecule has 0 fully saturated rings. The maximum atomic E-state index is 9.92. The molecule has 1 N–H and O–H groups in total. The average molecular weight is 194 g/mol. The molecule has 0 aliphatic carbocycles. The molecule has 14 heavy (non-hydrogen) atoms. The van der Waals surface area contributed by atoms with E-state index < -0.39 is 6.10 Å². The van der Waals surface area contributed by atoms with Gasteiger partial charge in [0.25, 0.3) is 0 Å². The summed E-state index contributed by atoms with van der Waals surface area (Å²) in [6.45, 7) is 3.97. The van der Waals surface area contributed by atoms with Gasteiger partial charge >= 0.3 is 0 Å². The van der Waals surface area contributed by atoms with Gasteiger partial charge in [0.15, 0.2) is 0 Å². The highest BCUT2D eigenvalue weighted by atomic mass is 16.5. The number of aryl methyl sites for hydroxylation is 1. The predicted octanol–water partition coefficient (Wildman–Crippen LogP) is 2.45. The van der Waals surface area contributed by atoms with Gasteiger partial charge < -0.3 is 9.84 Å². The van der Waals surface area contributed by atoms with Crippen molar-refractivity contribution >= 4 is 0 Å². The fourth-order valence-electron chi connectivity index (χ4n) is 1.50. The SMILES string of the molecule is COC(C)CC(O)c1ccccc1C. The lowest BCUT2D eigenvalue weighted by Crippen LogP contribution is -2.11. The van der Waals surface area contributed by atoms with E-state index in [1.807, 2.05) is 38.1 Å². The summed E-state index contributed by atoms with van der Waals surface area (Å²) in [4.78, 5) is 0. The van der Waals surface area contributed by atoms with Gasteiger partial charge in [0.2, 0.25) is 0 Å².